The van der Waals surface area contributed by atoms with E-state index in [0.29, 0.717) is 24.9 Å². The van der Waals surface area contributed by atoms with Gasteiger partial charge in [0.15, 0.2) is 5.78 Å². The number of ketones is 1. The van der Waals surface area contributed by atoms with Crippen LogP contribution in [0.3, 0.4) is 0 Å². The molecule has 1 saturated heterocycles. The van der Waals surface area contributed by atoms with Crippen molar-refractivity contribution in [3.05, 3.63) is 35.9 Å². The Bertz CT molecular complexity index is 593. The largest absolute Gasteiger partial charge is 0.475 e. The minimum absolute atomic E-state index is 0.00701. The third-order valence-corrected chi connectivity index (χ3v) is 4.08. The van der Waals surface area contributed by atoms with Gasteiger partial charge in [-0.15, -0.1) is 0 Å². The molecule has 0 aliphatic carbocycles. The summed E-state index contributed by atoms with van der Waals surface area (Å²) in [6, 6.07) is 8.71. The minimum Gasteiger partial charge on any atom is -0.426 e. The van der Waals surface area contributed by atoms with Gasteiger partial charge >= 0.3 is 7.12 Å². The van der Waals surface area contributed by atoms with Crippen LogP contribution in [0.5, 0.6) is 0 Å². The molecule has 0 spiro atoms. The fourth-order valence-electron chi connectivity index (χ4n) is 2.77. The summed E-state index contributed by atoms with van der Waals surface area (Å²) in [5.74, 6) is -1.48. The zero-order valence-corrected chi connectivity index (χ0v) is 13.4. The molecule has 1 aliphatic heterocycles. The Balaban J connectivity index is 1.73. The van der Waals surface area contributed by atoms with Crippen molar-refractivity contribution in [1.82, 2.24) is 10.2 Å². The summed E-state index contributed by atoms with van der Waals surface area (Å²) in [5.41, 5.74) is 0.554. The van der Waals surface area contributed by atoms with Crippen LogP contribution < -0.4 is 5.32 Å². The third-order valence-electron chi connectivity index (χ3n) is 4.08. The van der Waals surface area contributed by atoms with Crippen LogP contribution in [0.4, 0.5) is 0 Å². The third kappa shape index (κ3) is 4.91. The Kier molecular flexibility index (Phi) is 6.51. The van der Waals surface area contributed by atoms with Crippen molar-refractivity contribution in [3.8, 4) is 0 Å². The van der Waals surface area contributed by atoms with E-state index in [4.69, 9.17) is 0 Å². The maximum Gasteiger partial charge on any atom is 0.475 e. The van der Waals surface area contributed by atoms with Crippen molar-refractivity contribution >= 4 is 24.7 Å². The average Bonchev–Trinajstić information content (AvgIpc) is 3.08. The van der Waals surface area contributed by atoms with E-state index < -0.39 is 13.1 Å². The Morgan fingerprint density at radius 3 is 2.54 bits per heavy atom. The van der Waals surface area contributed by atoms with Gasteiger partial charge in [0.05, 0.1) is 12.5 Å². The lowest BCUT2D eigenvalue weighted by atomic mass is 9.78. The van der Waals surface area contributed by atoms with Gasteiger partial charge in [-0.1, -0.05) is 30.3 Å². The Morgan fingerprint density at radius 1 is 1.17 bits per heavy atom. The van der Waals surface area contributed by atoms with Crippen molar-refractivity contribution < 1.29 is 24.4 Å². The Labute approximate surface area is 140 Å². The summed E-state index contributed by atoms with van der Waals surface area (Å²) in [4.78, 5) is 37.1. The molecule has 1 aromatic rings. The quantitative estimate of drug-likeness (QED) is 0.472. The van der Waals surface area contributed by atoms with E-state index in [0.717, 1.165) is 0 Å². The molecule has 1 atom stereocenters. The molecule has 0 radical (unpaired) electrons. The van der Waals surface area contributed by atoms with Gasteiger partial charge in [-0.25, -0.2) is 0 Å². The second-order valence-electron chi connectivity index (χ2n) is 5.78. The second-order valence-corrected chi connectivity index (χ2v) is 5.78. The van der Waals surface area contributed by atoms with E-state index in [1.165, 1.54) is 4.90 Å². The highest BCUT2D eigenvalue weighted by molar-refractivity contribution is 6.43. The lowest BCUT2D eigenvalue weighted by Crippen LogP contribution is -2.48. The number of nitrogens with zero attached hydrogens (tertiary/aromatic N) is 1. The lowest BCUT2D eigenvalue weighted by molar-refractivity contribution is -0.132. The van der Waals surface area contributed by atoms with Crippen molar-refractivity contribution in [1.29, 1.82) is 0 Å². The number of hydrogen-bond acceptors (Lipinski definition) is 5. The fraction of sp³-hybridized carbons (Fsp3) is 0.438. The van der Waals surface area contributed by atoms with Crippen molar-refractivity contribution in [2.45, 2.75) is 31.6 Å². The number of amides is 2. The molecule has 1 aromatic carbocycles. The van der Waals surface area contributed by atoms with E-state index in [1.54, 1.807) is 24.3 Å². The van der Waals surface area contributed by atoms with Gasteiger partial charge in [0.1, 0.15) is 0 Å². The predicted octanol–water partition coefficient (Wildman–Crippen LogP) is -0.231. The number of benzene rings is 1. The van der Waals surface area contributed by atoms with Crippen LogP contribution >= 0.6 is 0 Å². The zero-order chi connectivity index (χ0) is 17.5. The minimum atomic E-state index is -1.57. The van der Waals surface area contributed by atoms with Crippen LogP contribution in [0.15, 0.2) is 30.3 Å². The molecule has 1 aliphatic rings. The van der Waals surface area contributed by atoms with Gasteiger partial charge in [-0.05, 0) is 12.8 Å². The normalized spacial score (nSPS) is 16.8. The number of likely N-dealkylation sites (tertiary alicyclic amines) is 1. The Hall–Kier alpha value is -2.19. The summed E-state index contributed by atoms with van der Waals surface area (Å²) in [7, 11) is -1.57. The van der Waals surface area contributed by atoms with Crippen LogP contribution in [0, 0.1) is 0 Å². The number of Topliss-reactive ketones (excluding diaryl/α,β-unsaturated/α-hetero) is 1. The SMILES string of the molecule is O=C(CCC(=O)c1ccccc1)NCC(=O)N1CCCC1B(O)O. The molecule has 24 heavy (non-hydrogen) atoms. The maximum atomic E-state index is 12.0. The number of rotatable bonds is 7. The average molecular weight is 332 g/mol. The molecule has 8 heteroatoms. The van der Waals surface area contributed by atoms with Crippen LogP contribution in [0.1, 0.15) is 36.0 Å². The molecule has 1 unspecified atom stereocenters. The van der Waals surface area contributed by atoms with Crippen LogP contribution in [0.2, 0.25) is 0 Å². The highest BCUT2D eigenvalue weighted by atomic mass is 16.4. The molecule has 1 heterocycles. The van der Waals surface area contributed by atoms with Crippen LogP contribution in [0.25, 0.3) is 0 Å². The monoisotopic (exact) mass is 332 g/mol. The molecule has 1 fully saturated rings. The maximum absolute atomic E-state index is 12.0. The summed E-state index contributed by atoms with van der Waals surface area (Å²) < 4.78 is 0. The molecule has 2 amide bonds. The number of carbonyl (C=O) groups excluding carboxylic acids is 3. The van der Waals surface area contributed by atoms with Crippen molar-refractivity contribution in [2.24, 2.45) is 0 Å². The van der Waals surface area contributed by atoms with Gasteiger partial charge in [0, 0.05) is 24.9 Å². The van der Waals surface area contributed by atoms with Gasteiger partial charge in [0.25, 0.3) is 0 Å². The Morgan fingerprint density at radius 2 is 1.88 bits per heavy atom. The standard InChI is InChI=1S/C16H21BN2O5/c20-13(12-5-2-1-3-6-12)8-9-15(21)18-11-16(22)19-10-4-7-14(19)17(23)24/h1-3,5-6,14,23-24H,4,7-11H2,(H,18,21). The molecular weight excluding hydrogens is 311 g/mol. The number of carbonyl (C=O) groups is 3. The van der Waals surface area contributed by atoms with Gasteiger partial charge in [-0.3, -0.25) is 14.4 Å². The van der Waals surface area contributed by atoms with Crippen LogP contribution in [-0.2, 0) is 9.59 Å². The highest BCUT2D eigenvalue weighted by Crippen LogP contribution is 2.17. The molecule has 7 nitrogen and oxygen atoms in total. The smallest absolute Gasteiger partial charge is 0.426 e. The summed E-state index contributed by atoms with van der Waals surface area (Å²) in [6.07, 6.45) is 1.31. The highest BCUT2D eigenvalue weighted by Gasteiger charge is 2.36. The first-order valence-corrected chi connectivity index (χ1v) is 7.99. The molecule has 3 N–H and O–H groups in total. The van der Waals surface area contributed by atoms with Gasteiger partial charge in [0.2, 0.25) is 11.8 Å². The van der Waals surface area contributed by atoms with Gasteiger partial charge < -0.3 is 20.3 Å². The summed E-state index contributed by atoms with van der Waals surface area (Å²) >= 11 is 0. The van der Waals surface area contributed by atoms with E-state index in [9.17, 15) is 24.4 Å². The second kappa shape index (κ2) is 8.61. The molecule has 0 aromatic heterocycles. The van der Waals surface area contributed by atoms with E-state index in [2.05, 4.69) is 5.32 Å². The van der Waals surface area contributed by atoms with E-state index in [-0.39, 0.29) is 37.0 Å². The van der Waals surface area contributed by atoms with Crippen molar-refractivity contribution in [2.75, 3.05) is 13.1 Å². The topological polar surface area (TPSA) is 107 Å². The molecule has 2 rings (SSSR count). The van der Waals surface area contributed by atoms with E-state index >= 15 is 0 Å². The zero-order valence-electron chi connectivity index (χ0n) is 13.4. The van der Waals surface area contributed by atoms with Gasteiger partial charge in [-0.2, -0.15) is 0 Å². The number of nitrogens with one attached hydrogen (secondary N) is 1. The summed E-state index contributed by atoms with van der Waals surface area (Å²) in [6.45, 7) is 0.241. The first kappa shape index (κ1) is 18.2. The molecule has 128 valence electrons. The number of hydrogen-bond donors (Lipinski definition) is 3. The molecule has 0 saturated carbocycles. The summed E-state index contributed by atoms with van der Waals surface area (Å²) in [5, 5.41) is 21.0. The first-order chi connectivity index (χ1) is 11.5. The lowest BCUT2D eigenvalue weighted by Gasteiger charge is -2.24. The van der Waals surface area contributed by atoms with Crippen molar-refractivity contribution in [3.63, 3.8) is 0 Å². The van der Waals surface area contributed by atoms with E-state index in [1.807, 2.05) is 6.07 Å². The molecular formula is C16H21BN2O5. The first-order valence-electron chi connectivity index (χ1n) is 7.99. The predicted molar refractivity (Wildman–Crippen MR) is 87.9 cm³/mol. The molecule has 0 bridgehead atoms. The fourth-order valence-corrected chi connectivity index (χ4v) is 2.77. The van der Waals surface area contributed by atoms with Crippen LogP contribution in [-0.4, -0.2) is 58.7 Å².